The van der Waals surface area contributed by atoms with E-state index in [9.17, 15) is 19.5 Å². The van der Waals surface area contributed by atoms with Crippen molar-refractivity contribution in [3.05, 3.63) is 35.5 Å². The molecule has 174 valence electrons. The number of hydrogen-bond donors (Lipinski definition) is 1. The molecule has 0 spiro atoms. The zero-order valence-corrected chi connectivity index (χ0v) is 19.0. The minimum Gasteiger partial charge on any atom is -0.456 e. The van der Waals surface area contributed by atoms with E-state index in [1.807, 2.05) is 6.92 Å². The van der Waals surface area contributed by atoms with Crippen LogP contribution in [0.5, 0.6) is 0 Å². The Morgan fingerprint density at radius 2 is 1.78 bits per heavy atom. The molecule has 0 aromatic rings. The van der Waals surface area contributed by atoms with Gasteiger partial charge in [0.15, 0.2) is 0 Å². The van der Waals surface area contributed by atoms with Gasteiger partial charge in [0.05, 0.1) is 5.92 Å². The number of carbonyl (C=O) groups is 3. The summed E-state index contributed by atoms with van der Waals surface area (Å²) < 4.78 is 22.6. The molecule has 2 aliphatic carbocycles. The van der Waals surface area contributed by atoms with Gasteiger partial charge in [-0.25, -0.2) is 14.4 Å². The Morgan fingerprint density at radius 3 is 2.41 bits per heavy atom. The lowest BCUT2D eigenvalue weighted by Gasteiger charge is -2.52. The fraction of sp³-hybridized carbons (Fsp3) is 0.625. The Bertz CT molecular complexity index is 948. The first-order chi connectivity index (χ1) is 15.0. The third-order valence-electron chi connectivity index (χ3n) is 7.70. The Labute approximate surface area is 187 Å². The average Bonchev–Trinajstić information content (AvgIpc) is 3.51. The molecule has 2 saturated heterocycles. The molecule has 0 aromatic carbocycles. The van der Waals surface area contributed by atoms with Crippen LogP contribution < -0.4 is 0 Å². The lowest BCUT2D eigenvalue weighted by molar-refractivity contribution is -0.224. The molecule has 4 rings (SSSR count). The maximum atomic E-state index is 12.8. The van der Waals surface area contributed by atoms with Crippen molar-refractivity contribution in [1.82, 2.24) is 0 Å². The molecule has 0 bridgehead atoms. The van der Waals surface area contributed by atoms with E-state index in [0.717, 1.165) is 5.57 Å². The van der Waals surface area contributed by atoms with E-state index in [4.69, 9.17) is 18.9 Å². The monoisotopic (exact) mass is 446 g/mol. The van der Waals surface area contributed by atoms with Crippen LogP contribution in [0.4, 0.5) is 0 Å². The number of epoxide rings is 1. The minimum absolute atomic E-state index is 0.276. The standard InChI is InChI=1S/C24H30O8/c1-7-11(3)20(25)31-19-18-16(29-18)13(5)15-17-14(9-10-23(15,19)6)24(28,22(27)30-17)32-21(26)12(4)8-2/h7-8,14-19,28H,5,9-10H2,1-4,6H3/b11-7-,12-8-/t14-,15+,16-,17-,18-,19-,23+,24+/m0/s1. The van der Waals surface area contributed by atoms with Crippen LogP contribution in [0.3, 0.4) is 0 Å². The third-order valence-corrected chi connectivity index (χ3v) is 7.70. The molecule has 4 aliphatic rings. The van der Waals surface area contributed by atoms with Crippen molar-refractivity contribution >= 4 is 17.9 Å². The summed E-state index contributed by atoms with van der Waals surface area (Å²) in [4.78, 5) is 37.6. The molecule has 2 saturated carbocycles. The molecule has 8 heteroatoms. The SMILES string of the molecule is C=C1[C@@H]2[C@H]3OC(=O)[C@](O)(OC(=O)/C(C)=C\C)[C@H]3CC[C@@]2(C)[C@@H](OC(=O)/C(C)=C\C)[C@H]2O[C@@H]12. The second-order valence-corrected chi connectivity index (χ2v) is 9.45. The van der Waals surface area contributed by atoms with Gasteiger partial charge in [-0.1, -0.05) is 25.7 Å². The van der Waals surface area contributed by atoms with E-state index in [2.05, 4.69) is 6.58 Å². The van der Waals surface area contributed by atoms with Crippen molar-refractivity contribution < 1.29 is 38.4 Å². The van der Waals surface area contributed by atoms with Crippen LogP contribution in [0.15, 0.2) is 35.5 Å². The van der Waals surface area contributed by atoms with Crippen molar-refractivity contribution in [1.29, 1.82) is 0 Å². The molecule has 0 amide bonds. The summed E-state index contributed by atoms with van der Waals surface area (Å²) >= 11 is 0. The molecule has 4 fully saturated rings. The Hall–Kier alpha value is -2.45. The number of allylic oxidation sites excluding steroid dienone is 2. The molecule has 2 heterocycles. The zero-order chi connectivity index (χ0) is 23.6. The topological polar surface area (TPSA) is 112 Å². The van der Waals surface area contributed by atoms with Gasteiger partial charge in [-0.15, -0.1) is 0 Å². The van der Waals surface area contributed by atoms with E-state index in [0.29, 0.717) is 18.4 Å². The van der Waals surface area contributed by atoms with Gasteiger partial charge in [0.2, 0.25) is 0 Å². The number of ether oxygens (including phenoxy) is 4. The summed E-state index contributed by atoms with van der Waals surface area (Å²) in [7, 11) is 0. The van der Waals surface area contributed by atoms with Crippen LogP contribution in [-0.4, -0.2) is 53.2 Å². The van der Waals surface area contributed by atoms with Crippen molar-refractivity contribution in [2.75, 3.05) is 0 Å². The number of aliphatic hydroxyl groups is 1. The number of fused-ring (bicyclic) bond motifs is 4. The maximum absolute atomic E-state index is 12.8. The summed E-state index contributed by atoms with van der Waals surface area (Å²) in [6.45, 7) is 12.8. The zero-order valence-electron chi connectivity index (χ0n) is 19.0. The fourth-order valence-corrected chi connectivity index (χ4v) is 5.46. The Morgan fingerprint density at radius 1 is 1.16 bits per heavy atom. The van der Waals surface area contributed by atoms with Gasteiger partial charge >= 0.3 is 23.7 Å². The van der Waals surface area contributed by atoms with E-state index in [1.165, 1.54) is 0 Å². The first-order valence-electron chi connectivity index (χ1n) is 11.0. The molecule has 0 unspecified atom stereocenters. The number of esters is 3. The lowest BCUT2D eigenvalue weighted by Crippen LogP contribution is -2.59. The maximum Gasteiger partial charge on any atom is 0.380 e. The lowest BCUT2D eigenvalue weighted by atomic mass is 9.54. The van der Waals surface area contributed by atoms with Gasteiger partial charge in [-0.2, -0.15) is 0 Å². The number of carbonyl (C=O) groups excluding carboxylic acids is 3. The van der Waals surface area contributed by atoms with Crippen molar-refractivity contribution in [3.8, 4) is 0 Å². The molecule has 8 nitrogen and oxygen atoms in total. The summed E-state index contributed by atoms with van der Waals surface area (Å²) in [5.41, 5.74) is 0.899. The summed E-state index contributed by atoms with van der Waals surface area (Å²) in [5.74, 6) is -5.74. The van der Waals surface area contributed by atoms with Gasteiger partial charge in [-0.05, 0) is 46.1 Å². The summed E-state index contributed by atoms with van der Waals surface area (Å²) in [5, 5.41) is 11.1. The second-order valence-electron chi connectivity index (χ2n) is 9.45. The van der Waals surface area contributed by atoms with Gasteiger partial charge in [0.25, 0.3) is 0 Å². The van der Waals surface area contributed by atoms with Crippen LogP contribution in [0, 0.1) is 17.3 Å². The average molecular weight is 446 g/mol. The van der Waals surface area contributed by atoms with Crippen LogP contribution in [-0.2, 0) is 33.3 Å². The van der Waals surface area contributed by atoms with Crippen LogP contribution in [0.25, 0.3) is 0 Å². The van der Waals surface area contributed by atoms with Crippen molar-refractivity contribution in [3.63, 3.8) is 0 Å². The van der Waals surface area contributed by atoms with Gasteiger partial charge < -0.3 is 24.1 Å². The second kappa shape index (κ2) is 7.56. The van der Waals surface area contributed by atoms with Crippen LogP contribution >= 0.6 is 0 Å². The van der Waals surface area contributed by atoms with Gasteiger partial charge in [0.1, 0.15) is 24.4 Å². The van der Waals surface area contributed by atoms with Crippen molar-refractivity contribution in [2.24, 2.45) is 17.3 Å². The highest BCUT2D eigenvalue weighted by Gasteiger charge is 2.73. The predicted octanol–water partition coefficient (Wildman–Crippen LogP) is 2.36. The third kappa shape index (κ3) is 3.15. The van der Waals surface area contributed by atoms with E-state index >= 15 is 0 Å². The predicted molar refractivity (Wildman–Crippen MR) is 112 cm³/mol. The molecule has 0 aromatic heterocycles. The fourth-order valence-electron chi connectivity index (χ4n) is 5.46. The number of hydrogen-bond acceptors (Lipinski definition) is 8. The van der Waals surface area contributed by atoms with E-state index in [-0.39, 0.29) is 17.8 Å². The quantitative estimate of drug-likeness (QED) is 0.175. The number of rotatable bonds is 4. The normalized spacial score (nSPS) is 42.9. The van der Waals surface area contributed by atoms with Gasteiger partial charge in [0, 0.05) is 22.5 Å². The molecule has 0 radical (unpaired) electrons. The first-order valence-corrected chi connectivity index (χ1v) is 11.0. The molecule has 2 aliphatic heterocycles. The summed E-state index contributed by atoms with van der Waals surface area (Å²) in [6, 6.07) is 0. The molecule has 1 N–H and O–H groups in total. The smallest absolute Gasteiger partial charge is 0.380 e. The van der Waals surface area contributed by atoms with Gasteiger partial charge in [-0.3, -0.25) is 0 Å². The Balaban J connectivity index is 1.65. The highest BCUT2D eigenvalue weighted by molar-refractivity contribution is 5.91. The van der Waals surface area contributed by atoms with E-state index < -0.39 is 53.2 Å². The van der Waals surface area contributed by atoms with Crippen LogP contribution in [0.1, 0.15) is 47.5 Å². The molecular formula is C24H30O8. The van der Waals surface area contributed by atoms with Crippen molar-refractivity contribution in [2.45, 2.75) is 77.7 Å². The van der Waals surface area contributed by atoms with Crippen LogP contribution in [0.2, 0.25) is 0 Å². The summed E-state index contributed by atoms with van der Waals surface area (Å²) in [6.07, 6.45) is 2.14. The van der Waals surface area contributed by atoms with E-state index in [1.54, 1.807) is 39.8 Å². The minimum atomic E-state index is -2.37. The largest absolute Gasteiger partial charge is 0.456 e. The first kappa shape index (κ1) is 22.7. The molecular weight excluding hydrogens is 416 g/mol. The molecule has 32 heavy (non-hydrogen) atoms. The molecule has 8 atom stereocenters. The highest BCUT2D eigenvalue weighted by atomic mass is 16.7. The Kier molecular flexibility index (Phi) is 5.37. The highest BCUT2D eigenvalue weighted by Crippen LogP contribution is 2.63.